The Bertz CT molecular complexity index is 401. The number of amides is 1. The second-order valence-corrected chi connectivity index (χ2v) is 3.98. The maximum Gasteiger partial charge on any atom is 0.303 e. The van der Waals surface area contributed by atoms with Crippen molar-refractivity contribution in [2.45, 2.75) is 26.2 Å². The minimum absolute atomic E-state index is 0.0448. The van der Waals surface area contributed by atoms with E-state index >= 15 is 0 Å². The van der Waals surface area contributed by atoms with Gasteiger partial charge >= 0.3 is 5.97 Å². The molecule has 0 radical (unpaired) electrons. The Balaban J connectivity index is 2.23. The molecule has 0 heterocycles. The monoisotopic (exact) mass is 235 g/mol. The van der Waals surface area contributed by atoms with E-state index in [2.05, 4.69) is 11.4 Å². The second-order valence-electron chi connectivity index (χ2n) is 3.98. The molecule has 1 aromatic carbocycles. The van der Waals surface area contributed by atoms with Gasteiger partial charge in [-0.05, 0) is 18.9 Å². The number of carbonyl (C=O) groups excluding carboxylic acids is 1. The number of carbonyl (C=O) groups is 2. The standard InChI is InChI=1S/C13H17NO3/c1-10-3-2-4-11(9-10)7-8-14-12(15)5-6-13(16)17/h2-4,9H,5-8H2,1H3,(H,14,15)(H,16,17). The number of aliphatic carboxylic acids is 1. The first kappa shape index (κ1) is 13.2. The summed E-state index contributed by atoms with van der Waals surface area (Å²) in [5, 5.41) is 11.1. The smallest absolute Gasteiger partial charge is 0.303 e. The average molecular weight is 235 g/mol. The predicted molar refractivity (Wildman–Crippen MR) is 64.8 cm³/mol. The zero-order chi connectivity index (χ0) is 12.7. The molecule has 0 saturated carbocycles. The number of hydrogen-bond donors (Lipinski definition) is 2. The number of carboxylic acid groups (broad SMARTS) is 1. The number of aryl methyl sites for hydroxylation is 1. The first-order chi connectivity index (χ1) is 8.08. The van der Waals surface area contributed by atoms with E-state index in [0.717, 1.165) is 6.42 Å². The van der Waals surface area contributed by atoms with Crippen LogP contribution in [-0.4, -0.2) is 23.5 Å². The van der Waals surface area contributed by atoms with Crippen molar-refractivity contribution >= 4 is 11.9 Å². The van der Waals surface area contributed by atoms with Crippen molar-refractivity contribution in [2.75, 3.05) is 6.54 Å². The number of rotatable bonds is 6. The zero-order valence-corrected chi connectivity index (χ0v) is 9.90. The van der Waals surface area contributed by atoms with Crippen molar-refractivity contribution in [1.29, 1.82) is 0 Å². The van der Waals surface area contributed by atoms with Gasteiger partial charge in [0.1, 0.15) is 0 Å². The summed E-state index contributed by atoms with van der Waals surface area (Å²) in [7, 11) is 0. The molecule has 0 aliphatic rings. The highest BCUT2D eigenvalue weighted by atomic mass is 16.4. The molecule has 17 heavy (non-hydrogen) atoms. The summed E-state index contributed by atoms with van der Waals surface area (Å²) >= 11 is 0. The van der Waals surface area contributed by atoms with Crippen LogP contribution in [0, 0.1) is 6.92 Å². The van der Waals surface area contributed by atoms with Gasteiger partial charge in [-0.25, -0.2) is 0 Å². The fourth-order valence-electron chi connectivity index (χ4n) is 1.52. The highest BCUT2D eigenvalue weighted by molar-refractivity contribution is 5.80. The molecule has 0 aromatic heterocycles. The van der Waals surface area contributed by atoms with Crippen LogP contribution >= 0.6 is 0 Å². The van der Waals surface area contributed by atoms with Gasteiger partial charge in [-0.15, -0.1) is 0 Å². The molecule has 1 amide bonds. The Morgan fingerprint density at radius 1 is 1.29 bits per heavy atom. The van der Waals surface area contributed by atoms with E-state index in [-0.39, 0.29) is 18.7 Å². The van der Waals surface area contributed by atoms with Crippen LogP contribution in [0.4, 0.5) is 0 Å². The molecule has 0 aliphatic carbocycles. The summed E-state index contributed by atoms with van der Waals surface area (Å²) in [6.45, 7) is 2.57. The first-order valence-electron chi connectivity index (χ1n) is 5.62. The fraction of sp³-hybridized carbons (Fsp3) is 0.385. The topological polar surface area (TPSA) is 66.4 Å². The highest BCUT2D eigenvalue weighted by Gasteiger charge is 2.04. The van der Waals surface area contributed by atoms with Crippen LogP contribution in [0.15, 0.2) is 24.3 Å². The minimum Gasteiger partial charge on any atom is -0.481 e. The van der Waals surface area contributed by atoms with E-state index in [0.29, 0.717) is 6.54 Å². The summed E-state index contributed by atoms with van der Waals surface area (Å²) in [6.07, 6.45) is 0.694. The number of nitrogens with one attached hydrogen (secondary N) is 1. The molecular formula is C13H17NO3. The summed E-state index contributed by atoms with van der Waals surface area (Å²) < 4.78 is 0. The van der Waals surface area contributed by atoms with Crippen molar-refractivity contribution in [3.8, 4) is 0 Å². The number of hydrogen-bond acceptors (Lipinski definition) is 2. The second kappa shape index (κ2) is 6.68. The molecule has 0 fully saturated rings. The lowest BCUT2D eigenvalue weighted by atomic mass is 10.1. The maximum absolute atomic E-state index is 11.2. The SMILES string of the molecule is Cc1cccc(CCNC(=O)CCC(=O)O)c1. The molecule has 1 rings (SSSR count). The van der Waals surface area contributed by atoms with Gasteiger partial charge in [0.05, 0.1) is 6.42 Å². The molecule has 1 aromatic rings. The van der Waals surface area contributed by atoms with Gasteiger partial charge in [0.25, 0.3) is 0 Å². The van der Waals surface area contributed by atoms with E-state index < -0.39 is 5.97 Å². The maximum atomic E-state index is 11.2. The Kier molecular flexibility index (Phi) is 5.20. The van der Waals surface area contributed by atoms with Gasteiger partial charge in [-0.2, -0.15) is 0 Å². The quantitative estimate of drug-likeness (QED) is 0.785. The summed E-state index contributed by atoms with van der Waals surface area (Å²) in [4.78, 5) is 21.5. The number of benzene rings is 1. The molecular weight excluding hydrogens is 218 g/mol. The first-order valence-corrected chi connectivity index (χ1v) is 5.62. The summed E-state index contributed by atoms with van der Waals surface area (Å²) in [5.41, 5.74) is 2.36. The summed E-state index contributed by atoms with van der Waals surface area (Å²) in [6, 6.07) is 8.09. The van der Waals surface area contributed by atoms with Crippen LogP contribution < -0.4 is 5.32 Å². The van der Waals surface area contributed by atoms with Crippen LogP contribution in [0.2, 0.25) is 0 Å². The molecule has 0 spiro atoms. The lowest BCUT2D eigenvalue weighted by molar-refractivity contribution is -0.138. The Morgan fingerprint density at radius 3 is 2.71 bits per heavy atom. The van der Waals surface area contributed by atoms with Crippen molar-refractivity contribution < 1.29 is 14.7 Å². The molecule has 0 aliphatic heterocycles. The Labute approximate surface area is 101 Å². The molecule has 0 unspecified atom stereocenters. The third-order valence-electron chi connectivity index (χ3n) is 2.38. The minimum atomic E-state index is -0.946. The summed E-state index contributed by atoms with van der Waals surface area (Å²) in [5.74, 6) is -1.15. The molecule has 92 valence electrons. The molecule has 2 N–H and O–H groups in total. The lowest BCUT2D eigenvalue weighted by Gasteiger charge is -2.05. The third kappa shape index (κ3) is 5.70. The number of carboxylic acids is 1. The van der Waals surface area contributed by atoms with Crippen molar-refractivity contribution in [1.82, 2.24) is 5.32 Å². The van der Waals surface area contributed by atoms with E-state index in [1.165, 1.54) is 11.1 Å². The van der Waals surface area contributed by atoms with Gasteiger partial charge in [0.2, 0.25) is 5.91 Å². The lowest BCUT2D eigenvalue weighted by Crippen LogP contribution is -2.26. The van der Waals surface area contributed by atoms with Gasteiger partial charge < -0.3 is 10.4 Å². The van der Waals surface area contributed by atoms with Gasteiger partial charge in [-0.1, -0.05) is 29.8 Å². The Morgan fingerprint density at radius 2 is 2.06 bits per heavy atom. The van der Waals surface area contributed by atoms with E-state index in [1.54, 1.807) is 0 Å². The highest BCUT2D eigenvalue weighted by Crippen LogP contribution is 2.03. The van der Waals surface area contributed by atoms with Crippen molar-refractivity contribution in [3.05, 3.63) is 35.4 Å². The van der Waals surface area contributed by atoms with E-state index in [4.69, 9.17) is 5.11 Å². The molecule has 0 bridgehead atoms. The molecule has 4 nitrogen and oxygen atoms in total. The van der Waals surface area contributed by atoms with Crippen LogP contribution in [0.25, 0.3) is 0 Å². The average Bonchev–Trinajstić information content (AvgIpc) is 2.26. The van der Waals surface area contributed by atoms with Gasteiger partial charge in [-0.3, -0.25) is 9.59 Å². The van der Waals surface area contributed by atoms with E-state index in [9.17, 15) is 9.59 Å². The van der Waals surface area contributed by atoms with Crippen LogP contribution in [-0.2, 0) is 16.0 Å². The van der Waals surface area contributed by atoms with E-state index in [1.807, 2.05) is 25.1 Å². The normalized spacial score (nSPS) is 9.94. The van der Waals surface area contributed by atoms with Crippen molar-refractivity contribution in [2.24, 2.45) is 0 Å². The zero-order valence-electron chi connectivity index (χ0n) is 9.90. The Hall–Kier alpha value is -1.84. The van der Waals surface area contributed by atoms with Crippen LogP contribution in [0.5, 0.6) is 0 Å². The van der Waals surface area contributed by atoms with Gasteiger partial charge in [0, 0.05) is 13.0 Å². The fourth-order valence-corrected chi connectivity index (χ4v) is 1.52. The largest absolute Gasteiger partial charge is 0.481 e. The molecule has 4 heteroatoms. The third-order valence-corrected chi connectivity index (χ3v) is 2.38. The van der Waals surface area contributed by atoms with Crippen LogP contribution in [0.3, 0.4) is 0 Å². The van der Waals surface area contributed by atoms with Crippen molar-refractivity contribution in [3.63, 3.8) is 0 Å². The predicted octanol–water partition coefficient (Wildman–Crippen LogP) is 1.52. The molecule has 0 saturated heterocycles. The van der Waals surface area contributed by atoms with Gasteiger partial charge in [0.15, 0.2) is 0 Å². The molecule has 0 atom stereocenters. The van der Waals surface area contributed by atoms with Crippen LogP contribution in [0.1, 0.15) is 24.0 Å².